The summed E-state index contributed by atoms with van der Waals surface area (Å²) in [6, 6.07) is 24.5. The van der Waals surface area contributed by atoms with Gasteiger partial charge in [0.05, 0.1) is 5.56 Å². The molecule has 0 radical (unpaired) electrons. The van der Waals surface area contributed by atoms with Crippen molar-refractivity contribution in [1.29, 1.82) is 0 Å². The van der Waals surface area contributed by atoms with E-state index in [1.165, 1.54) is 0 Å². The molecule has 0 unspecified atom stereocenters. The highest BCUT2D eigenvalue weighted by Gasteiger charge is 2.13. The number of benzene rings is 3. The topological polar surface area (TPSA) is 97.0 Å². The minimum Gasteiger partial charge on any atom is -0.507 e. The van der Waals surface area contributed by atoms with Crippen LogP contribution in [-0.4, -0.2) is 25.0 Å². The second-order valence-corrected chi connectivity index (χ2v) is 6.71. The Bertz CT molecular complexity index is 1350. The number of aromatic hydroxyl groups is 1. The summed E-state index contributed by atoms with van der Waals surface area (Å²) in [6.45, 7) is 0. The van der Waals surface area contributed by atoms with Crippen LogP contribution in [0.2, 0.25) is 0 Å². The van der Waals surface area contributed by atoms with Crippen molar-refractivity contribution in [3.63, 3.8) is 0 Å². The maximum absolute atomic E-state index is 10.3. The van der Waals surface area contributed by atoms with Gasteiger partial charge in [-0.15, -0.1) is 0 Å². The lowest BCUT2D eigenvalue weighted by Crippen LogP contribution is -2.03. The number of nitrogens with one attached hydrogen (secondary N) is 1. The van der Waals surface area contributed by atoms with Gasteiger partial charge in [-0.05, 0) is 35.9 Å². The Morgan fingerprint density at radius 1 is 0.742 bits per heavy atom. The van der Waals surface area contributed by atoms with Gasteiger partial charge in [0, 0.05) is 0 Å². The van der Waals surface area contributed by atoms with Gasteiger partial charge in [-0.3, -0.25) is 5.32 Å². The molecular weight excluding hydrogens is 390 g/mol. The zero-order valence-electron chi connectivity index (χ0n) is 16.3. The van der Waals surface area contributed by atoms with E-state index in [1.54, 1.807) is 24.3 Å². The van der Waals surface area contributed by atoms with Gasteiger partial charge in [0.15, 0.2) is 17.2 Å². The van der Waals surface area contributed by atoms with E-state index < -0.39 is 0 Å². The lowest BCUT2D eigenvalue weighted by Gasteiger charge is -2.07. The zero-order valence-corrected chi connectivity index (χ0v) is 16.3. The molecule has 0 saturated heterocycles. The average molecular weight is 407 g/mol. The second kappa shape index (κ2) is 8.08. The molecular formula is C24H17N5O2. The molecule has 0 spiro atoms. The predicted molar refractivity (Wildman–Crippen MR) is 120 cm³/mol. The van der Waals surface area contributed by atoms with Crippen LogP contribution in [0.4, 0.5) is 12.0 Å². The highest BCUT2D eigenvalue weighted by Crippen LogP contribution is 2.27. The summed E-state index contributed by atoms with van der Waals surface area (Å²) in [5, 5.41) is 13.3. The van der Waals surface area contributed by atoms with Crippen molar-refractivity contribution < 1.29 is 9.52 Å². The Hall–Kier alpha value is -4.52. The first-order valence-corrected chi connectivity index (χ1v) is 9.65. The number of hydrogen-bond acceptors (Lipinski definition) is 7. The first-order chi connectivity index (χ1) is 15.2. The molecule has 31 heavy (non-hydrogen) atoms. The Morgan fingerprint density at radius 3 is 2.35 bits per heavy atom. The highest BCUT2D eigenvalue weighted by molar-refractivity contribution is 5.75. The molecule has 2 N–H and O–H groups in total. The van der Waals surface area contributed by atoms with Gasteiger partial charge in [0.2, 0.25) is 5.95 Å². The molecule has 0 bridgehead atoms. The third kappa shape index (κ3) is 4.11. The normalized spacial score (nSPS) is 11.2. The second-order valence-electron chi connectivity index (χ2n) is 6.71. The molecule has 0 aliphatic heterocycles. The number of fused-ring (bicyclic) bond motifs is 1. The monoisotopic (exact) mass is 407 g/mol. The summed E-state index contributed by atoms with van der Waals surface area (Å²) in [5.41, 5.74) is 2.90. The molecule has 150 valence electrons. The molecule has 5 rings (SSSR count). The van der Waals surface area contributed by atoms with E-state index in [0.29, 0.717) is 22.8 Å². The summed E-state index contributed by atoms with van der Waals surface area (Å²) in [6.07, 6.45) is 3.70. The van der Waals surface area contributed by atoms with E-state index in [2.05, 4.69) is 25.3 Å². The van der Waals surface area contributed by atoms with Crippen LogP contribution in [0.15, 0.2) is 83.3 Å². The Morgan fingerprint density at radius 2 is 1.52 bits per heavy atom. The van der Waals surface area contributed by atoms with E-state index in [1.807, 2.05) is 66.7 Å². The minimum absolute atomic E-state index is 0.0829. The Labute approximate surface area is 177 Å². The molecule has 7 heteroatoms. The van der Waals surface area contributed by atoms with Crippen molar-refractivity contribution in [3.05, 3.63) is 90.3 Å². The van der Waals surface area contributed by atoms with Crippen LogP contribution in [0.5, 0.6) is 5.75 Å². The van der Waals surface area contributed by atoms with Crippen molar-refractivity contribution in [2.75, 3.05) is 5.32 Å². The lowest BCUT2D eigenvalue weighted by atomic mass is 10.2. The van der Waals surface area contributed by atoms with E-state index >= 15 is 0 Å². The van der Waals surface area contributed by atoms with Gasteiger partial charge in [0.1, 0.15) is 11.3 Å². The fourth-order valence-electron chi connectivity index (χ4n) is 3.06. The van der Waals surface area contributed by atoms with Crippen molar-refractivity contribution in [1.82, 2.24) is 19.9 Å². The predicted octanol–water partition coefficient (Wildman–Crippen LogP) is 5.30. The number of para-hydroxylation sites is 3. The van der Waals surface area contributed by atoms with Crippen LogP contribution < -0.4 is 5.32 Å². The Kier molecular flexibility index (Phi) is 4.82. The van der Waals surface area contributed by atoms with Gasteiger partial charge < -0.3 is 9.52 Å². The van der Waals surface area contributed by atoms with Gasteiger partial charge in [-0.2, -0.15) is 15.0 Å². The molecule has 0 saturated carbocycles. The molecule has 7 nitrogen and oxygen atoms in total. The summed E-state index contributed by atoms with van der Waals surface area (Å²) in [4.78, 5) is 17.8. The lowest BCUT2D eigenvalue weighted by molar-refractivity contribution is 0.477. The van der Waals surface area contributed by atoms with Gasteiger partial charge in [-0.1, -0.05) is 60.7 Å². The van der Waals surface area contributed by atoms with E-state index in [9.17, 15) is 5.11 Å². The van der Waals surface area contributed by atoms with Gasteiger partial charge in [0.25, 0.3) is 0 Å². The van der Waals surface area contributed by atoms with Gasteiger partial charge in [-0.25, -0.2) is 4.98 Å². The van der Waals surface area contributed by atoms with Crippen molar-refractivity contribution in [3.8, 4) is 17.1 Å². The standard InChI is InChI=1S/C24H17N5O2/c30-19-12-6-4-10-17(19)22-26-21(15-14-16-8-2-1-3-9-16)27-23(28-22)29-24-25-18-11-5-7-13-20(18)31-24/h1-15,30H,(H,25,26,27,28,29)/b15-14+. The number of phenolic OH excluding ortho intramolecular Hbond substituents is 1. The zero-order chi connectivity index (χ0) is 21.0. The number of nitrogens with zero attached hydrogens (tertiary/aromatic N) is 4. The number of phenols is 1. The summed E-state index contributed by atoms with van der Waals surface area (Å²) < 4.78 is 5.72. The van der Waals surface area contributed by atoms with Crippen molar-refractivity contribution in [2.24, 2.45) is 0 Å². The summed E-state index contributed by atoms with van der Waals surface area (Å²) in [5.74, 6) is 1.10. The summed E-state index contributed by atoms with van der Waals surface area (Å²) in [7, 11) is 0. The number of anilines is 2. The number of hydrogen-bond donors (Lipinski definition) is 2. The third-order valence-electron chi connectivity index (χ3n) is 4.53. The quantitative estimate of drug-likeness (QED) is 0.408. The molecule has 0 aliphatic rings. The molecule has 0 fully saturated rings. The van der Waals surface area contributed by atoms with E-state index in [0.717, 1.165) is 11.1 Å². The summed E-state index contributed by atoms with van der Waals surface area (Å²) >= 11 is 0. The van der Waals surface area contributed by atoms with E-state index in [-0.39, 0.29) is 17.7 Å². The maximum Gasteiger partial charge on any atom is 0.302 e. The highest BCUT2D eigenvalue weighted by atomic mass is 16.4. The van der Waals surface area contributed by atoms with Crippen LogP contribution in [0.3, 0.4) is 0 Å². The van der Waals surface area contributed by atoms with E-state index in [4.69, 9.17) is 4.42 Å². The molecule has 2 heterocycles. The first kappa shape index (κ1) is 18.5. The van der Waals surface area contributed by atoms with Crippen LogP contribution in [0.25, 0.3) is 34.6 Å². The fraction of sp³-hybridized carbons (Fsp3) is 0. The van der Waals surface area contributed by atoms with Crippen molar-refractivity contribution in [2.45, 2.75) is 0 Å². The fourth-order valence-corrected chi connectivity index (χ4v) is 3.06. The first-order valence-electron chi connectivity index (χ1n) is 9.65. The number of rotatable bonds is 5. The molecule has 5 aromatic rings. The number of aromatic nitrogens is 4. The van der Waals surface area contributed by atoms with Crippen molar-refractivity contribution >= 4 is 35.2 Å². The molecule has 0 aliphatic carbocycles. The molecule has 3 aromatic carbocycles. The molecule has 0 amide bonds. The van der Waals surface area contributed by atoms with Crippen LogP contribution in [0.1, 0.15) is 11.4 Å². The third-order valence-corrected chi connectivity index (χ3v) is 4.53. The Balaban J connectivity index is 1.55. The minimum atomic E-state index is 0.0829. The average Bonchev–Trinajstić information content (AvgIpc) is 3.21. The molecule has 2 aromatic heterocycles. The van der Waals surface area contributed by atoms with Gasteiger partial charge >= 0.3 is 6.01 Å². The number of oxazole rings is 1. The largest absolute Gasteiger partial charge is 0.507 e. The van der Waals surface area contributed by atoms with Crippen LogP contribution in [-0.2, 0) is 0 Å². The van der Waals surface area contributed by atoms with Crippen LogP contribution in [0, 0.1) is 0 Å². The maximum atomic E-state index is 10.3. The van der Waals surface area contributed by atoms with Crippen LogP contribution >= 0.6 is 0 Å². The smallest absolute Gasteiger partial charge is 0.302 e. The molecule has 0 atom stereocenters. The SMILES string of the molecule is Oc1ccccc1-c1nc(/C=C/c2ccccc2)nc(Nc2nc3ccccc3o2)n1.